The van der Waals surface area contributed by atoms with Crippen LogP contribution in [0.4, 0.5) is 8.78 Å². The maximum Gasteiger partial charge on any atom is 0.128 e. The van der Waals surface area contributed by atoms with Gasteiger partial charge in [-0.3, -0.25) is 5.84 Å². The predicted octanol–water partition coefficient (Wildman–Crippen LogP) is 3.12. The Balaban J connectivity index is 2.52. The van der Waals surface area contributed by atoms with Crippen LogP contribution in [0.1, 0.15) is 17.2 Å². The van der Waals surface area contributed by atoms with E-state index < -0.39 is 17.7 Å². The van der Waals surface area contributed by atoms with Crippen LogP contribution in [0.15, 0.2) is 42.5 Å². The zero-order chi connectivity index (χ0) is 13.1. The van der Waals surface area contributed by atoms with Gasteiger partial charge in [0.25, 0.3) is 0 Å². The standard InChI is InChI=1S/C13H11F2IN2/c14-8-5-6-11(15)10(7-8)13(18-17)9-3-1-2-4-12(9)16/h1-7,13,18H,17H2. The van der Waals surface area contributed by atoms with Crippen molar-refractivity contribution < 1.29 is 8.78 Å². The lowest BCUT2D eigenvalue weighted by Crippen LogP contribution is -2.30. The van der Waals surface area contributed by atoms with Gasteiger partial charge in [0.05, 0.1) is 6.04 Å². The molecule has 18 heavy (non-hydrogen) atoms. The van der Waals surface area contributed by atoms with E-state index in [4.69, 9.17) is 5.84 Å². The molecule has 1 unspecified atom stereocenters. The third-order valence-electron chi connectivity index (χ3n) is 2.65. The van der Waals surface area contributed by atoms with E-state index >= 15 is 0 Å². The molecule has 0 saturated carbocycles. The molecule has 0 amide bonds. The Morgan fingerprint density at radius 3 is 2.44 bits per heavy atom. The molecular weight excluding hydrogens is 349 g/mol. The summed E-state index contributed by atoms with van der Waals surface area (Å²) in [4.78, 5) is 0. The van der Waals surface area contributed by atoms with Crippen molar-refractivity contribution in [3.05, 3.63) is 68.8 Å². The van der Waals surface area contributed by atoms with Gasteiger partial charge in [-0.25, -0.2) is 14.2 Å². The molecule has 1 atom stereocenters. The van der Waals surface area contributed by atoms with Crippen LogP contribution in [0.3, 0.4) is 0 Å². The van der Waals surface area contributed by atoms with Gasteiger partial charge < -0.3 is 0 Å². The van der Waals surface area contributed by atoms with Crippen molar-refractivity contribution in [1.29, 1.82) is 0 Å². The van der Waals surface area contributed by atoms with Gasteiger partial charge in [-0.1, -0.05) is 18.2 Å². The lowest BCUT2D eigenvalue weighted by atomic mass is 9.99. The summed E-state index contributed by atoms with van der Waals surface area (Å²) in [5.41, 5.74) is 3.54. The summed E-state index contributed by atoms with van der Waals surface area (Å²) in [6, 6.07) is 10.2. The third kappa shape index (κ3) is 2.68. The smallest absolute Gasteiger partial charge is 0.128 e. The molecule has 94 valence electrons. The van der Waals surface area contributed by atoms with Gasteiger partial charge in [-0.2, -0.15) is 0 Å². The predicted molar refractivity (Wildman–Crippen MR) is 74.7 cm³/mol. The zero-order valence-corrected chi connectivity index (χ0v) is 11.5. The maximum absolute atomic E-state index is 13.8. The molecule has 3 N–H and O–H groups in total. The Morgan fingerprint density at radius 1 is 1.06 bits per heavy atom. The molecule has 0 spiro atoms. The fraction of sp³-hybridized carbons (Fsp3) is 0.0769. The Bertz CT molecular complexity index is 560. The van der Waals surface area contributed by atoms with Crippen LogP contribution >= 0.6 is 22.6 Å². The largest absolute Gasteiger partial charge is 0.271 e. The molecule has 5 heteroatoms. The second-order valence-corrected chi connectivity index (χ2v) is 4.95. The molecule has 0 radical (unpaired) electrons. The highest BCUT2D eigenvalue weighted by atomic mass is 127. The quantitative estimate of drug-likeness (QED) is 0.502. The fourth-order valence-corrected chi connectivity index (χ4v) is 2.49. The molecule has 0 aromatic heterocycles. The van der Waals surface area contributed by atoms with E-state index in [1.807, 2.05) is 24.3 Å². The number of hydrogen-bond acceptors (Lipinski definition) is 2. The summed E-state index contributed by atoms with van der Waals surface area (Å²) in [6.45, 7) is 0. The summed E-state index contributed by atoms with van der Waals surface area (Å²) >= 11 is 2.13. The Labute approximate surface area is 117 Å². The zero-order valence-electron chi connectivity index (χ0n) is 9.33. The first-order valence-electron chi connectivity index (χ1n) is 5.29. The molecule has 2 rings (SSSR count). The highest BCUT2D eigenvalue weighted by Gasteiger charge is 2.19. The first-order valence-corrected chi connectivity index (χ1v) is 6.37. The van der Waals surface area contributed by atoms with Crippen LogP contribution in [0, 0.1) is 15.2 Å². The SMILES string of the molecule is NNC(c1cc(F)ccc1F)c1ccccc1I. The van der Waals surface area contributed by atoms with Gasteiger partial charge in [0.15, 0.2) is 0 Å². The van der Waals surface area contributed by atoms with Gasteiger partial charge in [-0.05, 0) is 52.4 Å². The van der Waals surface area contributed by atoms with Gasteiger partial charge in [0.2, 0.25) is 0 Å². The number of nitrogens with two attached hydrogens (primary N) is 1. The summed E-state index contributed by atoms with van der Waals surface area (Å²) < 4.78 is 27.9. The van der Waals surface area contributed by atoms with Crippen LogP contribution in [-0.2, 0) is 0 Å². The van der Waals surface area contributed by atoms with Crippen LogP contribution in [0.25, 0.3) is 0 Å². The van der Waals surface area contributed by atoms with Crippen molar-refractivity contribution in [2.45, 2.75) is 6.04 Å². The molecule has 0 aliphatic carbocycles. The molecular formula is C13H11F2IN2. The highest BCUT2D eigenvalue weighted by molar-refractivity contribution is 14.1. The van der Waals surface area contributed by atoms with Crippen molar-refractivity contribution in [3.63, 3.8) is 0 Å². The number of benzene rings is 2. The average Bonchev–Trinajstić information content (AvgIpc) is 2.36. The second kappa shape index (κ2) is 5.73. The third-order valence-corrected chi connectivity index (χ3v) is 3.63. The van der Waals surface area contributed by atoms with Crippen molar-refractivity contribution in [1.82, 2.24) is 5.43 Å². The minimum absolute atomic E-state index is 0.196. The number of rotatable bonds is 3. The lowest BCUT2D eigenvalue weighted by Gasteiger charge is -2.19. The summed E-state index contributed by atoms with van der Waals surface area (Å²) in [5, 5.41) is 0. The van der Waals surface area contributed by atoms with Crippen molar-refractivity contribution in [3.8, 4) is 0 Å². The molecule has 2 nitrogen and oxygen atoms in total. The van der Waals surface area contributed by atoms with Gasteiger partial charge in [0, 0.05) is 9.13 Å². The molecule has 0 saturated heterocycles. The van der Waals surface area contributed by atoms with E-state index in [0.29, 0.717) is 0 Å². The average molecular weight is 360 g/mol. The molecule has 2 aromatic rings. The summed E-state index contributed by atoms with van der Waals surface area (Å²) in [6.07, 6.45) is 0. The Morgan fingerprint density at radius 2 is 1.78 bits per heavy atom. The van der Waals surface area contributed by atoms with Crippen molar-refractivity contribution >= 4 is 22.6 Å². The summed E-state index contributed by atoms with van der Waals surface area (Å²) in [7, 11) is 0. The number of hydrogen-bond donors (Lipinski definition) is 2. The van der Waals surface area contributed by atoms with Crippen molar-refractivity contribution in [2.75, 3.05) is 0 Å². The summed E-state index contributed by atoms with van der Waals surface area (Å²) in [5.74, 6) is 4.51. The monoisotopic (exact) mass is 360 g/mol. The second-order valence-electron chi connectivity index (χ2n) is 3.79. The normalized spacial score (nSPS) is 12.4. The van der Waals surface area contributed by atoms with E-state index in [0.717, 1.165) is 27.3 Å². The first-order chi connectivity index (χ1) is 8.63. The Hall–Kier alpha value is -1.05. The van der Waals surface area contributed by atoms with Gasteiger partial charge in [-0.15, -0.1) is 0 Å². The van der Waals surface area contributed by atoms with Crippen molar-refractivity contribution in [2.24, 2.45) is 5.84 Å². The lowest BCUT2D eigenvalue weighted by molar-refractivity contribution is 0.544. The van der Waals surface area contributed by atoms with E-state index in [9.17, 15) is 8.78 Å². The molecule has 0 aliphatic heterocycles. The van der Waals surface area contributed by atoms with Crippen LogP contribution in [0.5, 0.6) is 0 Å². The number of hydrazine groups is 1. The highest BCUT2D eigenvalue weighted by Crippen LogP contribution is 2.27. The van der Waals surface area contributed by atoms with Gasteiger partial charge >= 0.3 is 0 Å². The van der Waals surface area contributed by atoms with E-state index in [1.165, 1.54) is 0 Å². The maximum atomic E-state index is 13.8. The fourth-order valence-electron chi connectivity index (χ4n) is 1.79. The minimum atomic E-state index is -0.575. The van der Waals surface area contributed by atoms with E-state index in [2.05, 4.69) is 28.0 Å². The first kappa shape index (κ1) is 13.4. The molecule has 0 heterocycles. The van der Waals surface area contributed by atoms with Crippen LogP contribution in [-0.4, -0.2) is 0 Å². The number of halogens is 3. The van der Waals surface area contributed by atoms with E-state index in [-0.39, 0.29) is 5.56 Å². The molecule has 0 fully saturated rings. The molecule has 2 aromatic carbocycles. The molecule has 0 bridgehead atoms. The Kier molecular flexibility index (Phi) is 4.26. The van der Waals surface area contributed by atoms with E-state index in [1.54, 1.807) is 0 Å². The topological polar surface area (TPSA) is 38.0 Å². The molecule has 0 aliphatic rings. The van der Waals surface area contributed by atoms with Crippen LogP contribution < -0.4 is 11.3 Å². The van der Waals surface area contributed by atoms with Gasteiger partial charge in [0.1, 0.15) is 11.6 Å². The number of nitrogens with one attached hydrogen (secondary N) is 1. The van der Waals surface area contributed by atoms with Crippen LogP contribution in [0.2, 0.25) is 0 Å². The minimum Gasteiger partial charge on any atom is -0.271 e.